The number of carbonyl (C=O) groups excluding carboxylic acids is 2. The Morgan fingerprint density at radius 1 is 1.11 bits per heavy atom. The summed E-state index contributed by atoms with van der Waals surface area (Å²) in [7, 11) is -1.56. The highest BCUT2D eigenvalue weighted by Gasteiger charge is 2.42. The van der Waals surface area contributed by atoms with Crippen molar-refractivity contribution in [1.29, 1.82) is 0 Å². The number of amides is 1. The number of hydrogen-bond acceptors (Lipinski definition) is 6. The molecule has 7 nitrogen and oxygen atoms in total. The third kappa shape index (κ3) is 5.32. The van der Waals surface area contributed by atoms with Crippen LogP contribution < -0.4 is 10.1 Å². The fourth-order valence-corrected chi connectivity index (χ4v) is 5.96. The molecule has 1 amide bonds. The Hall–Kier alpha value is -1.93. The molecule has 1 aromatic carbocycles. The first-order valence-corrected chi connectivity index (χ1v) is 11.6. The molecule has 2 atom stereocenters. The summed E-state index contributed by atoms with van der Waals surface area (Å²) in [6, 6.07) is 6.42. The van der Waals surface area contributed by atoms with Crippen LogP contribution in [0.5, 0.6) is 5.75 Å². The van der Waals surface area contributed by atoms with E-state index >= 15 is 0 Å². The average Bonchev–Trinajstić information content (AvgIpc) is 3.29. The van der Waals surface area contributed by atoms with E-state index in [2.05, 4.69) is 10.2 Å². The molecule has 8 heteroatoms. The smallest absolute Gasteiger partial charge is 0.220 e. The first-order valence-electron chi connectivity index (χ1n) is 9.79. The molecule has 2 fully saturated rings. The largest absolute Gasteiger partial charge is 0.497 e. The summed E-state index contributed by atoms with van der Waals surface area (Å²) < 4.78 is 29.2. The van der Waals surface area contributed by atoms with Crippen molar-refractivity contribution < 1.29 is 22.7 Å². The van der Waals surface area contributed by atoms with Gasteiger partial charge in [0.25, 0.3) is 0 Å². The Kier molecular flexibility index (Phi) is 6.72. The molecular formula is C20H28N2O5S. The number of benzene rings is 1. The van der Waals surface area contributed by atoms with Crippen LogP contribution in [0.4, 0.5) is 0 Å². The predicted octanol–water partition coefficient (Wildman–Crippen LogP) is 1.43. The van der Waals surface area contributed by atoms with Crippen molar-refractivity contribution in [2.45, 2.75) is 44.2 Å². The van der Waals surface area contributed by atoms with E-state index in [1.54, 1.807) is 31.4 Å². The third-order valence-electron chi connectivity index (χ3n) is 5.50. The molecule has 1 aromatic rings. The minimum atomic E-state index is -3.12. The van der Waals surface area contributed by atoms with Crippen molar-refractivity contribution >= 4 is 21.5 Å². The lowest BCUT2D eigenvalue weighted by Gasteiger charge is -2.28. The van der Waals surface area contributed by atoms with Gasteiger partial charge in [0, 0.05) is 24.4 Å². The van der Waals surface area contributed by atoms with Gasteiger partial charge in [-0.1, -0.05) is 0 Å². The number of likely N-dealkylation sites (tertiary alicyclic amines) is 1. The number of sulfone groups is 1. The van der Waals surface area contributed by atoms with Crippen molar-refractivity contribution in [1.82, 2.24) is 10.2 Å². The predicted molar refractivity (Wildman–Crippen MR) is 106 cm³/mol. The summed E-state index contributed by atoms with van der Waals surface area (Å²) >= 11 is 0. The Morgan fingerprint density at radius 3 is 2.43 bits per heavy atom. The zero-order valence-electron chi connectivity index (χ0n) is 16.2. The van der Waals surface area contributed by atoms with Crippen LogP contribution in [0.2, 0.25) is 0 Å². The lowest BCUT2D eigenvalue weighted by molar-refractivity contribution is -0.122. The van der Waals surface area contributed by atoms with Gasteiger partial charge in [0.15, 0.2) is 15.6 Å². The standard InChI is InChI=1S/C20H28N2O5S/c1-27-16-9-7-15(8-10-16)19(23)5-4-6-20(24)21-17-13-28(25,26)14-18(17)22-11-2-3-12-22/h7-10,17-18H,2-6,11-14H2,1H3,(H,21,24). The molecule has 0 aromatic heterocycles. The number of Topliss-reactive ketones (excluding diaryl/α,β-unsaturated/α-hetero) is 1. The third-order valence-corrected chi connectivity index (χ3v) is 7.21. The van der Waals surface area contributed by atoms with Crippen molar-refractivity contribution in [3.63, 3.8) is 0 Å². The van der Waals surface area contributed by atoms with Gasteiger partial charge in [0.1, 0.15) is 5.75 Å². The molecule has 2 unspecified atom stereocenters. The maximum atomic E-state index is 12.3. The first kappa shape index (κ1) is 20.8. The molecule has 0 bridgehead atoms. The fourth-order valence-electron chi connectivity index (χ4n) is 4.01. The highest BCUT2D eigenvalue weighted by molar-refractivity contribution is 7.91. The second-order valence-corrected chi connectivity index (χ2v) is 9.72. The number of rotatable bonds is 8. The van der Waals surface area contributed by atoms with Gasteiger partial charge < -0.3 is 10.1 Å². The summed E-state index contributed by atoms with van der Waals surface area (Å²) in [5, 5.41) is 2.90. The maximum absolute atomic E-state index is 12.3. The molecule has 2 saturated heterocycles. The molecule has 28 heavy (non-hydrogen) atoms. The zero-order chi connectivity index (χ0) is 20.1. The number of nitrogens with zero attached hydrogens (tertiary/aromatic N) is 1. The van der Waals surface area contributed by atoms with E-state index in [1.165, 1.54) is 0 Å². The van der Waals surface area contributed by atoms with E-state index in [4.69, 9.17) is 4.74 Å². The summed E-state index contributed by atoms with van der Waals surface area (Å²) in [6.45, 7) is 1.78. The van der Waals surface area contributed by atoms with Crippen LogP contribution in [0.1, 0.15) is 42.5 Å². The van der Waals surface area contributed by atoms with Crippen LogP contribution in [0, 0.1) is 0 Å². The van der Waals surface area contributed by atoms with Crippen LogP contribution in [-0.2, 0) is 14.6 Å². The molecule has 2 aliphatic heterocycles. The Labute approximate surface area is 166 Å². The van der Waals surface area contributed by atoms with Gasteiger partial charge >= 0.3 is 0 Å². The van der Waals surface area contributed by atoms with Gasteiger partial charge in [-0.15, -0.1) is 0 Å². The fraction of sp³-hybridized carbons (Fsp3) is 0.600. The summed E-state index contributed by atoms with van der Waals surface area (Å²) in [5.74, 6) is 0.608. The molecule has 0 radical (unpaired) electrons. The first-order chi connectivity index (χ1) is 13.4. The van der Waals surface area contributed by atoms with Crippen molar-refractivity contribution in [2.24, 2.45) is 0 Å². The van der Waals surface area contributed by atoms with Crippen LogP contribution in [0.3, 0.4) is 0 Å². The Balaban J connectivity index is 1.47. The van der Waals surface area contributed by atoms with Crippen LogP contribution in [0.25, 0.3) is 0 Å². The molecule has 0 aliphatic carbocycles. The van der Waals surface area contributed by atoms with E-state index < -0.39 is 9.84 Å². The van der Waals surface area contributed by atoms with Gasteiger partial charge in [0.2, 0.25) is 5.91 Å². The normalized spacial score (nSPS) is 24.2. The molecule has 3 rings (SSSR count). The minimum absolute atomic E-state index is 0.00465. The van der Waals surface area contributed by atoms with Gasteiger partial charge in [0.05, 0.1) is 24.7 Å². The highest BCUT2D eigenvalue weighted by Crippen LogP contribution is 2.23. The van der Waals surface area contributed by atoms with E-state index in [9.17, 15) is 18.0 Å². The van der Waals surface area contributed by atoms with E-state index in [0.717, 1.165) is 25.9 Å². The second kappa shape index (κ2) is 9.05. The quantitative estimate of drug-likeness (QED) is 0.654. The summed E-state index contributed by atoms with van der Waals surface area (Å²) in [5.41, 5.74) is 0.595. The number of ketones is 1. The van der Waals surface area contributed by atoms with Crippen molar-refractivity contribution in [2.75, 3.05) is 31.7 Å². The highest BCUT2D eigenvalue weighted by atomic mass is 32.2. The Morgan fingerprint density at radius 2 is 1.79 bits per heavy atom. The van der Waals surface area contributed by atoms with Crippen LogP contribution in [0.15, 0.2) is 24.3 Å². The van der Waals surface area contributed by atoms with Crippen molar-refractivity contribution in [3.05, 3.63) is 29.8 Å². The maximum Gasteiger partial charge on any atom is 0.220 e. The summed E-state index contributed by atoms with van der Waals surface area (Å²) in [6.07, 6.45) is 3.07. The average molecular weight is 409 g/mol. The number of carbonyl (C=O) groups is 2. The topological polar surface area (TPSA) is 92.8 Å². The molecule has 2 aliphatic rings. The number of hydrogen-bond donors (Lipinski definition) is 1. The van der Waals surface area contributed by atoms with Gasteiger partial charge in [-0.3, -0.25) is 14.5 Å². The van der Waals surface area contributed by atoms with Crippen LogP contribution >= 0.6 is 0 Å². The number of methoxy groups -OCH3 is 1. The van der Waals surface area contributed by atoms with E-state index in [-0.39, 0.29) is 48.1 Å². The summed E-state index contributed by atoms with van der Waals surface area (Å²) in [4.78, 5) is 26.7. The van der Waals surface area contributed by atoms with Gasteiger partial charge in [-0.2, -0.15) is 0 Å². The molecular weight excluding hydrogens is 380 g/mol. The molecule has 2 heterocycles. The molecule has 1 N–H and O–H groups in total. The number of nitrogens with one attached hydrogen (secondary N) is 1. The monoisotopic (exact) mass is 408 g/mol. The second-order valence-electron chi connectivity index (χ2n) is 7.57. The minimum Gasteiger partial charge on any atom is -0.497 e. The lowest BCUT2D eigenvalue weighted by atomic mass is 10.0. The lowest BCUT2D eigenvalue weighted by Crippen LogP contribution is -2.50. The SMILES string of the molecule is COc1ccc(C(=O)CCCC(=O)NC2CS(=O)(=O)CC2N2CCCC2)cc1. The van der Waals surface area contributed by atoms with Crippen LogP contribution in [-0.4, -0.2) is 68.8 Å². The molecule has 154 valence electrons. The molecule has 0 saturated carbocycles. The number of ether oxygens (including phenoxy) is 1. The Bertz CT molecular complexity index is 800. The van der Waals surface area contributed by atoms with Crippen molar-refractivity contribution in [3.8, 4) is 5.75 Å². The van der Waals surface area contributed by atoms with E-state index in [0.29, 0.717) is 17.7 Å². The van der Waals surface area contributed by atoms with E-state index in [1.807, 2.05) is 0 Å². The molecule has 0 spiro atoms. The van der Waals surface area contributed by atoms with Gasteiger partial charge in [-0.05, 0) is 56.6 Å². The van der Waals surface area contributed by atoms with Gasteiger partial charge in [-0.25, -0.2) is 8.42 Å². The zero-order valence-corrected chi connectivity index (χ0v) is 17.0.